The van der Waals surface area contributed by atoms with Gasteiger partial charge in [0.25, 0.3) is 0 Å². The van der Waals surface area contributed by atoms with Gasteiger partial charge >= 0.3 is 0 Å². The van der Waals surface area contributed by atoms with E-state index in [1.165, 1.54) is 24.0 Å². The van der Waals surface area contributed by atoms with E-state index in [-0.39, 0.29) is 0 Å². The van der Waals surface area contributed by atoms with Crippen molar-refractivity contribution >= 4 is 0 Å². The van der Waals surface area contributed by atoms with Gasteiger partial charge in [0.2, 0.25) is 0 Å². The molecule has 0 unspecified atom stereocenters. The third-order valence-corrected chi connectivity index (χ3v) is 3.77. The van der Waals surface area contributed by atoms with Crippen LogP contribution < -0.4 is 10.1 Å². The fourth-order valence-corrected chi connectivity index (χ4v) is 2.49. The van der Waals surface area contributed by atoms with Gasteiger partial charge in [-0.25, -0.2) is 0 Å². The fourth-order valence-electron chi connectivity index (χ4n) is 2.49. The van der Waals surface area contributed by atoms with Gasteiger partial charge in [0, 0.05) is 24.7 Å². The summed E-state index contributed by atoms with van der Waals surface area (Å²) in [5, 5.41) is 3.38. The van der Waals surface area contributed by atoms with Gasteiger partial charge in [-0.05, 0) is 43.6 Å². The van der Waals surface area contributed by atoms with Crippen molar-refractivity contribution in [2.75, 3.05) is 20.2 Å². The molecule has 1 aromatic carbocycles. The highest BCUT2D eigenvalue weighted by Gasteiger charge is 2.28. The third-order valence-electron chi connectivity index (χ3n) is 3.77. The lowest BCUT2D eigenvalue weighted by Gasteiger charge is -2.21. The molecule has 3 nitrogen and oxygen atoms in total. The Kier molecular flexibility index (Phi) is 5.23. The van der Waals surface area contributed by atoms with Crippen LogP contribution in [0.5, 0.6) is 5.75 Å². The van der Waals surface area contributed by atoms with Crippen molar-refractivity contribution in [1.82, 2.24) is 10.2 Å². The second-order valence-corrected chi connectivity index (χ2v) is 5.22. The predicted molar refractivity (Wildman–Crippen MR) is 79.5 cm³/mol. The van der Waals surface area contributed by atoms with E-state index >= 15 is 0 Å². The first-order valence-electron chi connectivity index (χ1n) is 7.39. The number of methoxy groups -OCH3 is 1. The van der Waals surface area contributed by atoms with E-state index in [1.54, 1.807) is 7.11 Å². The average molecular weight is 262 g/mol. The summed E-state index contributed by atoms with van der Waals surface area (Å²) in [6, 6.07) is 7.33. The first kappa shape index (κ1) is 14.4. The van der Waals surface area contributed by atoms with Gasteiger partial charge in [0.15, 0.2) is 0 Å². The Morgan fingerprint density at radius 2 is 2.11 bits per heavy atom. The summed E-state index contributed by atoms with van der Waals surface area (Å²) in [5.74, 6) is 1.01. The maximum atomic E-state index is 5.50. The highest BCUT2D eigenvalue weighted by atomic mass is 16.5. The lowest BCUT2D eigenvalue weighted by Crippen LogP contribution is -2.25. The van der Waals surface area contributed by atoms with Crippen molar-refractivity contribution in [3.63, 3.8) is 0 Å². The molecule has 0 saturated heterocycles. The van der Waals surface area contributed by atoms with E-state index in [9.17, 15) is 0 Å². The van der Waals surface area contributed by atoms with E-state index in [0.29, 0.717) is 0 Å². The van der Waals surface area contributed by atoms with Gasteiger partial charge in [0.1, 0.15) is 5.75 Å². The zero-order chi connectivity index (χ0) is 13.7. The van der Waals surface area contributed by atoms with Crippen LogP contribution in [0.25, 0.3) is 0 Å². The Labute approximate surface area is 116 Å². The van der Waals surface area contributed by atoms with Crippen LogP contribution in [-0.2, 0) is 13.1 Å². The summed E-state index contributed by atoms with van der Waals surface area (Å²) in [4.78, 5) is 2.55. The first-order valence-corrected chi connectivity index (χ1v) is 7.39. The molecule has 1 fully saturated rings. The van der Waals surface area contributed by atoms with Crippen molar-refractivity contribution < 1.29 is 4.74 Å². The summed E-state index contributed by atoms with van der Waals surface area (Å²) in [7, 11) is 1.76. The number of hydrogen-bond donors (Lipinski definition) is 1. The van der Waals surface area contributed by atoms with E-state index in [2.05, 4.69) is 42.3 Å². The molecule has 0 heterocycles. The van der Waals surface area contributed by atoms with Gasteiger partial charge in [-0.1, -0.05) is 19.9 Å². The van der Waals surface area contributed by atoms with Gasteiger partial charge in [-0.15, -0.1) is 0 Å². The van der Waals surface area contributed by atoms with Crippen molar-refractivity contribution in [3.8, 4) is 5.75 Å². The molecule has 0 radical (unpaired) electrons. The molecule has 1 aliphatic rings. The van der Waals surface area contributed by atoms with Crippen LogP contribution in [-0.4, -0.2) is 31.1 Å². The van der Waals surface area contributed by atoms with Gasteiger partial charge in [-0.3, -0.25) is 4.90 Å². The molecular formula is C16H26N2O. The van der Waals surface area contributed by atoms with E-state index < -0.39 is 0 Å². The minimum atomic E-state index is 0.798. The zero-order valence-electron chi connectivity index (χ0n) is 12.4. The van der Waals surface area contributed by atoms with Crippen LogP contribution in [0.15, 0.2) is 18.2 Å². The van der Waals surface area contributed by atoms with E-state index in [1.807, 2.05) is 0 Å². The Bertz CT molecular complexity index is 402. The Morgan fingerprint density at radius 1 is 1.32 bits per heavy atom. The molecule has 0 atom stereocenters. The molecule has 2 rings (SSSR count). The summed E-state index contributed by atoms with van der Waals surface area (Å²) >= 11 is 0. The number of ether oxygens (including phenoxy) is 1. The minimum Gasteiger partial charge on any atom is -0.496 e. The van der Waals surface area contributed by atoms with Crippen LogP contribution in [0.4, 0.5) is 0 Å². The third kappa shape index (κ3) is 3.95. The lowest BCUT2D eigenvalue weighted by atomic mass is 10.1. The van der Waals surface area contributed by atoms with Gasteiger partial charge < -0.3 is 10.1 Å². The first-order chi connectivity index (χ1) is 9.28. The van der Waals surface area contributed by atoms with Gasteiger partial charge in [0.05, 0.1) is 7.11 Å². The van der Waals surface area contributed by atoms with Crippen molar-refractivity contribution in [1.29, 1.82) is 0 Å². The zero-order valence-corrected chi connectivity index (χ0v) is 12.4. The number of nitrogens with one attached hydrogen (secondary N) is 1. The summed E-state index contributed by atoms with van der Waals surface area (Å²) in [6.07, 6.45) is 2.71. The molecule has 0 aliphatic heterocycles. The average Bonchev–Trinajstić information content (AvgIpc) is 3.27. The number of rotatable bonds is 8. The monoisotopic (exact) mass is 262 g/mol. The minimum absolute atomic E-state index is 0.798. The topological polar surface area (TPSA) is 24.5 Å². The summed E-state index contributed by atoms with van der Waals surface area (Å²) < 4.78 is 5.50. The molecule has 0 amide bonds. The molecule has 1 aromatic rings. The van der Waals surface area contributed by atoms with Crippen LogP contribution in [0.3, 0.4) is 0 Å². The standard InChI is InChI=1S/C16H26N2O/c1-4-17-11-13-6-9-16(19-3)14(10-13)12-18(5-2)15-7-8-15/h6,9-10,15,17H,4-5,7-8,11-12H2,1-3H3. The van der Waals surface area contributed by atoms with Crippen molar-refractivity contribution in [2.45, 2.75) is 45.8 Å². The van der Waals surface area contributed by atoms with Crippen LogP contribution in [0, 0.1) is 0 Å². The fraction of sp³-hybridized carbons (Fsp3) is 0.625. The number of benzene rings is 1. The maximum Gasteiger partial charge on any atom is 0.123 e. The number of nitrogens with zero attached hydrogens (tertiary/aromatic N) is 1. The van der Waals surface area contributed by atoms with Crippen molar-refractivity contribution in [3.05, 3.63) is 29.3 Å². The van der Waals surface area contributed by atoms with E-state index in [4.69, 9.17) is 4.74 Å². The smallest absolute Gasteiger partial charge is 0.123 e. The van der Waals surface area contributed by atoms with Crippen LogP contribution in [0.1, 0.15) is 37.8 Å². The van der Waals surface area contributed by atoms with Crippen LogP contribution >= 0.6 is 0 Å². The molecule has 0 aromatic heterocycles. The second kappa shape index (κ2) is 6.92. The molecule has 3 heteroatoms. The van der Waals surface area contributed by atoms with E-state index in [0.717, 1.165) is 38.0 Å². The predicted octanol–water partition coefficient (Wildman–Crippen LogP) is 2.79. The van der Waals surface area contributed by atoms with Crippen LogP contribution in [0.2, 0.25) is 0 Å². The molecule has 0 spiro atoms. The highest BCUT2D eigenvalue weighted by Crippen LogP contribution is 2.30. The quantitative estimate of drug-likeness (QED) is 0.779. The Balaban J connectivity index is 2.10. The molecule has 1 N–H and O–H groups in total. The Hall–Kier alpha value is -1.06. The molecule has 0 bridgehead atoms. The molecule has 106 valence electrons. The normalized spacial score (nSPS) is 14.9. The SMILES string of the molecule is CCNCc1ccc(OC)c(CN(CC)C2CC2)c1. The molecular weight excluding hydrogens is 236 g/mol. The molecule has 19 heavy (non-hydrogen) atoms. The molecule has 1 aliphatic carbocycles. The number of hydrogen-bond acceptors (Lipinski definition) is 3. The van der Waals surface area contributed by atoms with Gasteiger partial charge in [-0.2, -0.15) is 0 Å². The summed E-state index contributed by atoms with van der Waals surface area (Å²) in [6.45, 7) is 8.44. The molecule has 1 saturated carbocycles. The highest BCUT2D eigenvalue weighted by molar-refractivity contribution is 5.37. The maximum absolute atomic E-state index is 5.50. The second-order valence-electron chi connectivity index (χ2n) is 5.22. The largest absolute Gasteiger partial charge is 0.496 e. The summed E-state index contributed by atoms with van der Waals surface area (Å²) in [5.41, 5.74) is 2.65. The Morgan fingerprint density at radius 3 is 2.68 bits per heavy atom. The van der Waals surface area contributed by atoms with Crippen molar-refractivity contribution in [2.24, 2.45) is 0 Å². The lowest BCUT2D eigenvalue weighted by molar-refractivity contribution is 0.264.